The van der Waals surface area contributed by atoms with Crippen LogP contribution < -0.4 is 9.64 Å². The maximum Gasteiger partial charge on any atom is 0.233 e. The average Bonchev–Trinajstić information content (AvgIpc) is 3.20. The van der Waals surface area contributed by atoms with Crippen LogP contribution in [0.1, 0.15) is 6.42 Å². The molecule has 2 heterocycles. The summed E-state index contributed by atoms with van der Waals surface area (Å²) in [6, 6.07) is 12.6. The predicted octanol–water partition coefficient (Wildman–Crippen LogP) is 3.13. The Kier molecular flexibility index (Phi) is 4.40. The highest BCUT2D eigenvalue weighted by Crippen LogP contribution is 2.45. The van der Waals surface area contributed by atoms with Gasteiger partial charge in [0.25, 0.3) is 0 Å². The maximum atomic E-state index is 13.0. The van der Waals surface area contributed by atoms with Gasteiger partial charge < -0.3 is 13.9 Å². The van der Waals surface area contributed by atoms with Gasteiger partial charge in [0.2, 0.25) is 5.91 Å². The van der Waals surface area contributed by atoms with Crippen LogP contribution in [0.4, 0.5) is 11.4 Å². The molecule has 1 unspecified atom stereocenters. The number of carbonyl (C=O) groups is 1. The molecule has 0 radical (unpaired) electrons. The van der Waals surface area contributed by atoms with Crippen molar-refractivity contribution in [2.45, 2.75) is 22.8 Å². The van der Waals surface area contributed by atoms with Crippen LogP contribution in [0.25, 0.3) is 0 Å². The van der Waals surface area contributed by atoms with Crippen LogP contribution in [0, 0.1) is 0 Å². The van der Waals surface area contributed by atoms with Gasteiger partial charge in [0.15, 0.2) is 9.79 Å². The Bertz CT molecular complexity index is 943. The second-order valence-electron chi connectivity index (χ2n) is 5.85. The molecule has 1 amide bonds. The number of rotatable bonds is 4. The zero-order valence-electron chi connectivity index (χ0n) is 14.2. The normalized spacial score (nSPS) is 15.3. The number of nitrogens with zero attached hydrogens (tertiary/aromatic N) is 3. The number of amides is 1. The van der Waals surface area contributed by atoms with Crippen LogP contribution in [-0.2, 0) is 22.5 Å². The number of fused-ring (bicyclic) bond motifs is 2. The van der Waals surface area contributed by atoms with E-state index in [2.05, 4.69) is 4.98 Å². The summed E-state index contributed by atoms with van der Waals surface area (Å²) in [6.07, 6.45) is 5.50. The van der Waals surface area contributed by atoms with E-state index in [9.17, 15) is 9.35 Å². The van der Waals surface area contributed by atoms with Crippen LogP contribution in [0.3, 0.4) is 0 Å². The monoisotopic (exact) mass is 367 g/mol. The zero-order chi connectivity index (χ0) is 18.1. The highest BCUT2D eigenvalue weighted by atomic mass is 32.2. The molecule has 1 aliphatic heterocycles. The van der Waals surface area contributed by atoms with E-state index in [1.807, 2.05) is 29.0 Å². The SMILES string of the molecule is COc1ccc2c(c1)[S+]([O-])c1ccccc1N2C(=O)CCn1ccnc1. The minimum Gasteiger partial charge on any atom is -0.606 e. The van der Waals surface area contributed by atoms with Crippen molar-refractivity contribution in [3.63, 3.8) is 0 Å². The third kappa shape index (κ3) is 2.85. The molecule has 3 aromatic rings. The first-order chi connectivity index (χ1) is 12.7. The molecular weight excluding hydrogens is 350 g/mol. The third-order valence-electron chi connectivity index (χ3n) is 4.31. The van der Waals surface area contributed by atoms with Gasteiger partial charge in [0, 0.05) is 42.6 Å². The first kappa shape index (κ1) is 16.7. The summed E-state index contributed by atoms with van der Waals surface area (Å²) in [5, 5.41) is 0. The number of anilines is 2. The van der Waals surface area contributed by atoms with Crippen molar-refractivity contribution in [1.82, 2.24) is 9.55 Å². The van der Waals surface area contributed by atoms with Crippen molar-refractivity contribution in [3.8, 4) is 5.75 Å². The summed E-state index contributed by atoms with van der Waals surface area (Å²) in [5.74, 6) is 0.552. The minimum atomic E-state index is -1.36. The lowest BCUT2D eigenvalue weighted by Gasteiger charge is -2.31. The second-order valence-corrected chi connectivity index (χ2v) is 7.27. The smallest absolute Gasteiger partial charge is 0.233 e. The van der Waals surface area contributed by atoms with E-state index >= 15 is 0 Å². The van der Waals surface area contributed by atoms with E-state index in [0.717, 1.165) is 0 Å². The number of para-hydroxylation sites is 1. The standard InChI is InChI=1S/C19H17N3O3S/c1-25-14-6-7-16-18(12-14)26(24)17-5-3-2-4-15(17)22(16)19(23)8-10-21-11-9-20-13-21/h2-7,9,11-13H,8,10H2,1H3. The predicted molar refractivity (Wildman–Crippen MR) is 98.1 cm³/mol. The summed E-state index contributed by atoms with van der Waals surface area (Å²) in [6.45, 7) is 0.534. The summed E-state index contributed by atoms with van der Waals surface area (Å²) < 4.78 is 20.1. The van der Waals surface area contributed by atoms with E-state index < -0.39 is 11.2 Å². The van der Waals surface area contributed by atoms with Gasteiger partial charge in [-0.05, 0) is 24.3 Å². The Morgan fingerprint density at radius 3 is 2.77 bits per heavy atom. The van der Waals surface area contributed by atoms with E-state index in [1.165, 1.54) is 0 Å². The molecule has 6 nitrogen and oxygen atoms in total. The van der Waals surface area contributed by atoms with Gasteiger partial charge in [-0.2, -0.15) is 0 Å². The molecule has 26 heavy (non-hydrogen) atoms. The summed E-state index contributed by atoms with van der Waals surface area (Å²) in [5.41, 5.74) is 1.30. The molecule has 1 aromatic heterocycles. The van der Waals surface area contributed by atoms with Crippen molar-refractivity contribution in [3.05, 3.63) is 61.2 Å². The number of hydrogen-bond acceptors (Lipinski definition) is 4. The van der Waals surface area contributed by atoms with E-state index in [-0.39, 0.29) is 5.91 Å². The number of ether oxygens (including phenoxy) is 1. The molecule has 0 fully saturated rings. The highest BCUT2D eigenvalue weighted by Gasteiger charge is 2.36. The Labute approximate surface area is 154 Å². The maximum absolute atomic E-state index is 13.0. The Hall–Kier alpha value is -2.77. The largest absolute Gasteiger partial charge is 0.606 e. The first-order valence-corrected chi connectivity index (χ1v) is 9.31. The number of benzene rings is 2. The van der Waals surface area contributed by atoms with Crippen molar-refractivity contribution in [1.29, 1.82) is 0 Å². The topological polar surface area (TPSA) is 70.4 Å². The number of imidazole rings is 1. The van der Waals surface area contributed by atoms with Crippen molar-refractivity contribution in [2.24, 2.45) is 0 Å². The zero-order valence-corrected chi connectivity index (χ0v) is 15.0. The Balaban J connectivity index is 1.74. The van der Waals surface area contributed by atoms with Crippen molar-refractivity contribution < 1.29 is 14.1 Å². The molecule has 0 N–H and O–H groups in total. The number of carbonyl (C=O) groups excluding carboxylic acids is 1. The number of hydrogen-bond donors (Lipinski definition) is 0. The number of aryl methyl sites for hydroxylation is 1. The Morgan fingerprint density at radius 1 is 1.19 bits per heavy atom. The number of methoxy groups -OCH3 is 1. The van der Waals surface area contributed by atoms with Gasteiger partial charge in [-0.25, -0.2) is 4.98 Å². The van der Waals surface area contributed by atoms with Crippen molar-refractivity contribution >= 4 is 28.5 Å². The summed E-state index contributed by atoms with van der Waals surface area (Å²) >= 11 is -1.36. The fourth-order valence-corrected chi connectivity index (χ4v) is 4.39. The quantitative estimate of drug-likeness (QED) is 0.664. The third-order valence-corrected chi connectivity index (χ3v) is 5.78. The van der Waals surface area contributed by atoms with E-state index in [1.54, 1.807) is 48.8 Å². The molecule has 1 atom stereocenters. The molecule has 4 rings (SSSR count). The lowest BCUT2D eigenvalue weighted by atomic mass is 10.2. The summed E-state index contributed by atoms with van der Waals surface area (Å²) in [7, 11) is 1.56. The lowest BCUT2D eigenvalue weighted by molar-refractivity contribution is -0.118. The van der Waals surface area contributed by atoms with Crippen molar-refractivity contribution in [2.75, 3.05) is 12.0 Å². The van der Waals surface area contributed by atoms with Crippen LogP contribution in [0.5, 0.6) is 5.75 Å². The minimum absolute atomic E-state index is 0.0609. The molecule has 0 saturated carbocycles. The Morgan fingerprint density at radius 2 is 2.00 bits per heavy atom. The fourth-order valence-electron chi connectivity index (χ4n) is 3.03. The molecule has 0 saturated heterocycles. The van der Waals surface area contributed by atoms with Gasteiger partial charge in [0.05, 0.1) is 13.4 Å². The van der Waals surface area contributed by atoms with Crippen LogP contribution in [-0.4, -0.2) is 27.1 Å². The van der Waals surface area contributed by atoms with Crippen LogP contribution in [0.15, 0.2) is 71.0 Å². The van der Waals surface area contributed by atoms with Gasteiger partial charge in [0.1, 0.15) is 17.1 Å². The molecule has 0 aliphatic carbocycles. The van der Waals surface area contributed by atoms with Gasteiger partial charge in [-0.15, -0.1) is 0 Å². The highest BCUT2D eigenvalue weighted by molar-refractivity contribution is 7.92. The van der Waals surface area contributed by atoms with Gasteiger partial charge in [-0.1, -0.05) is 12.1 Å². The van der Waals surface area contributed by atoms with Gasteiger partial charge >= 0.3 is 0 Å². The van der Waals surface area contributed by atoms with Gasteiger partial charge in [-0.3, -0.25) is 9.69 Å². The molecule has 1 aliphatic rings. The van der Waals surface area contributed by atoms with Crippen LogP contribution >= 0.6 is 0 Å². The first-order valence-electron chi connectivity index (χ1n) is 8.16. The van der Waals surface area contributed by atoms with E-state index in [4.69, 9.17) is 4.74 Å². The average molecular weight is 367 g/mol. The molecule has 0 bridgehead atoms. The number of aromatic nitrogens is 2. The molecule has 2 aromatic carbocycles. The molecule has 7 heteroatoms. The molecule has 132 valence electrons. The molecule has 0 spiro atoms. The lowest BCUT2D eigenvalue weighted by Crippen LogP contribution is -2.32. The molecular formula is C19H17N3O3S. The fraction of sp³-hybridized carbons (Fsp3) is 0.158. The van der Waals surface area contributed by atoms with Crippen LogP contribution in [0.2, 0.25) is 0 Å². The summed E-state index contributed by atoms with van der Waals surface area (Å²) in [4.78, 5) is 19.9. The second kappa shape index (κ2) is 6.86. The van der Waals surface area contributed by atoms with E-state index in [0.29, 0.717) is 39.9 Å².